The molecule has 1 aromatic carbocycles. The quantitative estimate of drug-likeness (QED) is 0.875. The van der Waals surface area contributed by atoms with Crippen molar-refractivity contribution in [3.05, 3.63) is 41.2 Å². The second-order valence-electron chi connectivity index (χ2n) is 4.41. The standard InChI is InChI=1S/C14H14ClNO3S/c1-9(14(17)18)7-20-8-12-6-19-13(16-12)10-3-2-4-11(15)5-10/h2-6,9H,7-8H2,1H3,(H,17,18). The Bertz CT molecular complexity index is 600. The van der Waals surface area contributed by atoms with Crippen molar-refractivity contribution in [3.8, 4) is 11.5 Å². The molecule has 0 amide bonds. The summed E-state index contributed by atoms with van der Waals surface area (Å²) in [5.74, 6) is 0.557. The van der Waals surface area contributed by atoms with Crippen LogP contribution in [0.3, 0.4) is 0 Å². The summed E-state index contributed by atoms with van der Waals surface area (Å²) in [4.78, 5) is 15.1. The van der Waals surface area contributed by atoms with Crippen LogP contribution >= 0.6 is 23.4 Å². The Kier molecular flexibility index (Phi) is 5.09. The lowest BCUT2D eigenvalue weighted by atomic mass is 10.2. The van der Waals surface area contributed by atoms with Crippen LogP contribution in [0.5, 0.6) is 0 Å². The molecule has 20 heavy (non-hydrogen) atoms. The van der Waals surface area contributed by atoms with Crippen molar-refractivity contribution in [1.29, 1.82) is 0 Å². The summed E-state index contributed by atoms with van der Waals surface area (Å²) in [5.41, 5.74) is 1.62. The Morgan fingerprint density at radius 3 is 3.05 bits per heavy atom. The van der Waals surface area contributed by atoms with Gasteiger partial charge >= 0.3 is 5.97 Å². The third kappa shape index (κ3) is 4.02. The van der Waals surface area contributed by atoms with Crippen LogP contribution in [0, 0.1) is 5.92 Å². The molecule has 0 aliphatic rings. The predicted molar refractivity (Wildman–Crippen MR) is 79.9 cm³/mol. The highest BCUT2D eigenvalue weighted by molar-refractivity contribution is 7.98. The van der Waals surface area contributed by atoms with Gasteiger partial charge in [-0.05, 0) is 18.2 Å². The van der Waals surface area contributed by atoms with Crippen LogP contribution in [-0.4, -0.2) is 21.8 Å². The maximum absolute atomic E-state index is 10.7. The minimum Gasteiger partial charge on any atom is -0.481 e. The van der Waals surface area contributed by atoms with E-state index in [1.165, 1.54) is 11.8 Å². The molecule has 2 rings (SSSR count). The Morgan fingerprint density at radius 1 is 1.55 bits per heavy atom. The van der Waals surface area contributed by atoms with Crippen LogP contribution in [0.25, 0.3) is 11.5 Å². The Morgan fingerprint density at radius 2 is 2.35 bits per heavy atom. The summed E-state index contributed by atoms with van der Waals surface area (Å²) in [7, 11) is 0. The Labute approximate surface area is 126 Å². The lowest BCUT2D eigenvalue weighted by Crippen LogP contribution is -2.11. The van der Waals surface area contributed by atoms with Gasteiger partial charge in [-0.1, -0.05) is 24.6 Å². The first-order chi connectivity index (χ1) is 9.56. The van der Waals surface area contributed by atoms with Gasteiger partial charge in [-0.2, -0.15) is 11.8 Å². The highest BCUT2D eigenvalue weighted by Gasteiger charge is 2.12. The Balaban J connectivity index is 1.94. The molecule has 1 atom stereocenters. The van der Waals surface area contributed by atoms with E-state index < -0.39 is 5.97 Å². The van der Waals surface area contributed by atoms with Gasteiger partial charge in [-0.25, -0.2) is 4.98 Å². The summed E-state index contributed by atoms with van der Waals surface area (Å²) in [6, 6.07) is 7.29. The number of hydrogen-bond acceptors (Lipinski definition) is 4. The first-order valence-corrected chi connectivity index (χ1v) is 7.60. The van der Waals surface area contributed by atoms with Gasteiger partial charge in [0.2, 0.25) is 5.89 Å². The number of benzene rings is 1. The molecule has 4 nitrogen and oxygen atoms in total. The van der Waals surface area contributed by atoms with Gasteiger partial charge in [0.1, 0.15) is 6.26 Å². The average molecular weight is 312 g/mol. The second-order valence-corrected chi connectivity index (χ2v) is 5.88. The summed E-state index contributed by atoms with van der Waals surface area (Å²) in [6.07, 6.45) is 1.59. The van der Waals surface area contributed by atoms with E-state index in [-0.39, 0.29) is 5.92 Å². The van der Waals surface area contributed by atoms with Gasteiger partial charge in [0.05, 0.1) is 11.6 Å². The highest BCUT2D eigenvalue weighted by atomic mass is 35.5. The molecule has 0 saturated heterocycles. The van der Waals surface area contributed by atoms with Crippen LogP contribution in [0.15, 0.2) is 34.9 Å². The number of aromatic nitrogens is 1. The normalized spacial score (nSPS) is 12.3. The van der Waals surface area contributed by atoms with Crippen molar-refractivity contribution in [2.24, 2.45) is 5.92 Å². The number of carboxylic acids is 1. The van der Waals surface area contributed by atoms with Gasteiger partial charge in [0, 0.05) is 22.1 Å². The van der Waals surface area contributed by atoms with Crippen LogP contribution in [-0.2, 0) is 10.5 Å². The summed E-state index contributed by atoms with van der Waals surface area (Å²) in [5, 5.41) is 9.43. The average Bonchev–Trinajstić information content (AvgIpc) is 2.87. The largest absolute Gasteiger partial charge is 0.481 e. The lowest BCUT2D eigenvalue weighted by Gasteiger charge is -2.03. The van der Waals surface area contributed by atoms with Crippen LogP contribution in [0.1, 0.15) is 12.6 Å². The molecule has 2 aromatic rings. The van der Waals surface area contributed by atoms with E-state index in [0.717, 1.165) is 11.3 Å². The number of halogens is 1. The van der Waals surface area contributed by atoms with E-state index in [2.05, 4.69) is 4.98 Å². The molecule has 0 radical (unpaired) electrons. The van der Waals surface area contributed by atoms with E-state index in [0.29, 0.717) is 22.4 Å². The molecular formula is C14H14ClNO3S. The van der Waals surface area contributed by atoms with Crippen LogP contribution in [0.4, 0.5) is 0 Å². The monoisotopic (exact) mass is 311 g/mol. The van der Waals surface area contributed by atoms with Gasteiger partial charge < -0.3 is 9.52 Å². The maximum Gasteiger partial charge on any atom is 0.307 e. The number of nitrogens with zero attached hydrogens (tertiary/aromatic N) is 1. The van der Waals surface area contributed by atoms with E-state index in [4.69, 9.17) is 21.1 Å². The fraction of sp³-hybridized carbons (Fsp3) is 0.286. The molecule has 0 aliphatic carbocycles. The predicted octanol–water partition coefficient (Wildman–Crippen LogP) is 3.95. The summed E-state index contributed by atoms with van der Waals surface area (Å²) >= 11 is 7.45. The van der Waals surface area contributed by atoms with E-state index in [1.807, 2.05) is 12.1 Å². The number of aliphatic carboxylic acids is 1. The topological polar surface area (TPSA) is 63.3 Å². The molecule has 1 unspecified atom stereocenters. The fourth-order valence-corrected chi connectivity index (χ4v) is 2.68. The van der Waals surface area contributed by atoms with Gasteiger partial charge in [-0.3, -0.25) is 4.79 Å². The highest BCUT2D eigenvalue weighted by Crippen LogP contribution is 2.23. The molecule has 0 saturated carbocycles. The lowest BCUT2D eigenvalue weighted by molar-refractivity contribution is -0.140. The molecule has 0 spiro atoms. The van der Waals surface area contributed by atoms with Gasteiger partial charge in [-0.15, -0.1) is 0 Å². The van der Waals surface area contributed by atoms with Gasteiger partial charge in [0.25, 0.3) is 0 Å². The SMILES string of the molecule is CC(CSCc1coc(-c2cccc(Cl)c2)n1)C(=O)O. The zero-order valence-electron chi connectivity index (χ0n) is 10.9. The first kappa shape index (κ1) is 14.9. The maximum atomic E-state index is 10.7. The van der Waals surface area contributed by atoms with Crippen LogP contribution in [0.2, 0.25) is 5.02 Å². The Hall–Kier alpha value is -1.46. The van der Waals surface area contributed by atoms with Crippen molar-refractivity contribution in [3.63, 3.8) is 0 Å². The molecule has 0 fully saturated rings. The van der Waals surface area contributed by atoms with Crippen molar-refractivity contribution in [2.45, 2.75) is 12.7 Å². The van der Waals surface area contributed by atoms with Crippen molar-refractivity contribution >= 4 is 29.3 Å². The van der Waals surface area contributed by atoms with Gasteiger partial charge in [0.15, 0.2) is 0 Å². The number of hydrogen-bond donors (Lipinski definition) is 1. The molecular weight excluding hydrogens is 298 g/mol. The molecule has 0 bridgehead atoms. The zero-order chi connectivity index (χ0) is 14.5. The number of rotatable bonds is 6. The van der Waals surface area contributed by atoms with Crippen LogP contribution < -0.4 is 0 Å². The van der Waals surface area contributed by atoms with E-state index in [1.54, 1.807) is 25.3 Å². The second kappa shape index (κ2) is 6.81. The number of carbonyl (C=O) groups is 1. The van der Waals surface area contributed by atoms with E-state index in [9.17, 15) is 4.79 Å². The van der Waals surface area contributed by atoms with Crippen molar-refractivity contribution < 1.29 is 14.3 Å². The number of oxazole rings is 1. The molecule has 1 heterocycles. The minimum atomic E-state index is -0.780. The minimum absolute atomic E-state index is 0.362. The summed E-state index contributed by atoms with van der Waals surface area (Å²) in [6.45, 7) is 1.69. The molecule has 106 valence electrons. The van der Waals surface area contributed by atoms with Crippen molar-refractivity contribution in [2.75, 3.05) is 5.75 Å². The third-order valence-electron chi connectivity index (χ3n) is 2.66. The molecule has 0 aliphatic heterocycles. The third-order valence-corrected chi connectivity index (χ3v) is 4.13. The smallest absolute Gasteiger partial charge is 0.307 e. The first-order valence-electron chi connectivity index (χ1n) is 6.07. The summed E-state index contributed by atoms with van der Waals surface area (Å²) < 4.78 is 5.41. The molecule has 1 N–H and O–H groups in total. The molecule has 1 aromatic heterocycles. The van der Waals surface area contributed by atoms with E-state index >= 15 is 0 Å². The molecule has 6 heteroatoms. The van der Waals surface area contributed by atoms with Crippen molar-refractivity contribution in [1.82, 2.24) is 4.98 Å². The number of thioether (sulfide) groups is 1. The zero-order valence-corrected chi connectivity index (χ0v) is 12.4. The number of carboxylic acid groups (broad SMARTS) is 1. The fourth-order valence-electron chi connectivity index (χ4n) is 1.54.